The van der Waals surface area contributed by atoms with Gasteiger partial charge in [0.1, 0.15) is 23.9 Å². The predicted octanol–water partition coefficient (Wildman–Crippen LogP) is 6.14. The molecule has 2 fully saturated rings. The van der Waals surface area contributed by atoms with E-state index in [9.17, 15) is 19.2 Å². The SMILES string of the molecule is COc1ccc(CCC(OC(=O)[C@@H]2CCCCN2C(=O)[C@@H](NC(=O)c2ccccc2)C2CCCCC2)c2cccc(OCC(=O)O)c2)cc1OC. The molecule has 1 saturated heterocycles. The minimum atomic E-state index is -1.11. The summed E-state index contributed by atoms with van der Waals surface area (Å²) in [5.41, 5.74) is 2.05. The van der Waals surface area contributed by atoms with Gasteiger partial charge in [0.25, 0.3) is 5.91 Å². The van der Waals surface area contributed by atoms with Crippen LogP contribution in [0.3, 0.4) is 0 Å². The molecule has 3 aromatic rings. The summed E-state index contributed by atoms with van der Waals surface area (Å²) in [6.45, 7) is -0.125. The molecule has 0 spiro atoms. The monoisotopic (exact) mass is 700 g/mol. The Kier molecular flexibility index (Phi) is 13.3. The van der Waals surface area contributed by atoms with Crippen molar-refractivity contribution in [3.63, 3.8) is 0 Å². The molecule has 2 N–H and O–H groups in total. The first-order valence-electron chi connectivity index (χ1n) is 17.8. The first-order chi connectivity index (χ1) is 24.8. The van der Waals surface area contributed by atoms with Crippen LogP contribution in [0.4, 0.5) is 0 Å². The summed E-state index contributed by atoms with van der Waals surface area (Å²) in [5, 5.41) is 12.2. The Morgan fingerprint density at radius 3 is 2.31 bits per heavy atom. The minimum Gasteiger partial charge on any atom is -0.493 e. The molecular weight excluding hydrogens is 652 g/mol. The number of amides is 2. The second-order valence-corrected chi connectivity index (χ2v) is 13.2. The number of likely N-dealkylation sites (tertiary alicyclic amines) is 1. The third kappa shape index (κ3) is 10.0. The van der Waals surface area contributed by atoms with Crippen molar-refractivity contribution in [1.82, 2.24) is 10.2 Å². The molecule has 1 unspecified atom stereocenters. The number of carboxylic acids is 1. The van der Waals surface area contributed by atoms with E-state index < -0.39 is 36.7 Å². The molecule has 0 bridgehead atoms. The van der Waals surface area contributed by atoms with Crippen molar-refractivity contribution in [2.24, 2.45) is 5.92 Å². The van der Waals surface area contributed by atoms with Crippen molar-refractivity contribution in [3.8, 4) is 17.2 Å². The van der Waals surface area contributed by atoms with Gasteiger partial charge in [0.2, 0.25) is 5.91 Å². The highest BCUT2D eigenvalue weighted by molar-refractivity contribution is 5.98. The average Bonchev–Trinajstić information content (AvgIpc) is 3.17. The molecule has 2 aliphatic rings. The molecule has 1 aliphatic carbocycles. The van der Waals surface area contributed by atoms with Gasteiger partial charge in [0, 0.05) is 12.1 Å². The van der Waals surface area contributed by atoms with Crippen LogP contribution in [-0.4, -0.2) is 73.2 Å². The first kappa shape index (κ1) is 37.2. The number of rotatable bonds is 15. The van der Waals surface area contributed by atoms with Crippen molar-refractivity contribution in [3.05, 3.63) is 89.5 Å². The maximum Gasteiger partial charge on any atom is 0.341 e. The number of nitrogens with zero attached hydrogens (tertiary/aromatic N) is 1. The molecule has 1 saturated carbocycles. The molecule has 0 radical (unpaired) electrons. The van der Waals surface area contributed by atoms with Gasteiger partial charge in [-0.3, -0.25) is 9.59 Å². The fourth-order valence-electron chi connectivity index (χ4n) is 7.08. The molecule has 11 nitrogen and oxygen atoms in total. The maximum absolute atomic E-state index is 14.4. The van der Waals surface area contributed by atoms with Crippen LogP contribution in [0, 0.1) is 5.92 Å². The number of carbonyl (C=O) groups excluding carboxylic acids is 3. The van der Waals surface area contributed by atoms with Crippen molar-refractivity contribution in [2.45, 2.75) is 82.4 Å². The minimum absolute atomic E-state index is 0.0275. The largest absolute Gasteiger partial charge is 0.493 e. The summed E-state index contributed by atoms with van der Waals surface area (Å²) >= 11 is 0. The summed E-state index contributed by atoms with van der Waals surface area (Å²) in [5.74, 6) is -0.702. The highest BCUT2D eigenvalue weighted by Gasteiger charge is 2.41. The van der Waals surface area contributed by atoms with E-state index in [1.807, 2.05) is 30.3 Å². The Balaban J connectivity index is 1.38. The molecule has 0 aromatic heterocycles. The molecule has 11 heteroatoms. The number of aliphatic carboxylic acids is 1. The van der Waals surface area contributed by atoms with E-state index in [2.05, 4.69) is 5.32 Å². The van der Waals surface area contributed by atoms with Crippen LogP contribution < -0.4 is 19.5 Å². The van der Waals surface area contributed by atoms with Gasteiger partial charge < -0.3 is 34.3 Å². The second-order valence-electron chi connectivity index (χ2n) is 13.2. The van der Waals surface area contributed by atoms with Crippen molar-refractivity contribution >= 4 is 23.8 Å². The number of benzene rings is 3. The number of piperidine rings is 1. The zero-order valence-electron chi connectivity index (χ0n) is 29.4. The third-order valence-corrected chi connectivity index (χ3v) is 9.76. The molecule has 5 rings (SSSR count). The van der Waals surface area contributed by atoms with E-state index in [1.165, 1.54) is 0 Å². The fourth-order valence-corrected chi connectivity index (χ4v) is 7.08. The van der Waals surface area contributed by atoms with E-state index in [0.29, 0.717) is 54.2 Å². The summed E-state index contributed by atoms with van der Waals surface area (Å²) in [6.07, 6.45) is 6.83. The first-order valence-corrected chi connectivity index (χ1v) is 17.8. The van der Waals surface area contributed by atoms with Gasteiger partial charge in [-0.1, -0.05) is 55.7 Å². The van der Waals surface area contributed by atoms with Crippen LogP contribution in [0.25, 0.3) is 0 Å². The molecular formula is C40H48N2O9. The molecule has 3 atom stereocenters. The van der Waals surface area contributed by atoms with Gasteiger partial charge >= 0.3 is 11.9 Å². The zero-order valence-corrected chi connectivity index (χ0v) is 29.4. The van der Waals surface area contributed by atoms with Crippen LogP contribution >= 0.6 is 0 Å². The fraction of sp³-hybridized carbons (Fsp3) is 0.450. The van der Waals surface area contributed by atoms with E-state index in [1.54, 1.807) is 61.6 Å². The maximum atomic E-state index is 14.4. The molecule has 51 heavy (non-hydrogen) atoms. The van der Waals surface area contributed by atoms with E-state index in [0.717, 1.165) is 50.5 Å². The zero-order chi connectivity index (χ0) is 36.2. The lowest BCUT2D eigenvalue weighted by Crippen LogP contribution is -2.58. The normalized spacial score (nSPS) is 17.5. The lowest BCUT2D eigenvalue weighted by atomic mass is 9.82. The van der Waals surface area contributed by atoms with E-state index in [4.69, 9.17) is 24.1 Å². The van der Waals surface area contributed by atoms with E-state index >= 15 is 0 Å². The summed E-state index contributed by atoms with van der Waals surface area (Å²) in [4.78, 5) is 54.8. The number of esters is 1. The lowest BCUT2D eigenvalue weighted by Gasteiger charge is -2.39. The van der Waals surface area contributed by atoms with Crippen LogP contribution in [-0.2, 0) is 25.5 Å². The number of ether oxygens (including phenoxy) is 4. The van der Waals surface area contributed by atoms with Crippen LogP contribution in [0.15, 0.2) is 72.8 Å². The van der Waals surface area contributed by atoms with Crippen molar-refractivity contribution in [2.75, 3.05) is 27.4 Å². The third-order valence-electron chi connectivity index (χ3n) is 9.76. The quantitative estimate of drug-likeness (QED) is 0.179. The average molecular weight is 701 g/mol. The topological polar surface area (TPSA) is 141 Å². The second kappa shape index (κ2) is 18.3. The lowest BCUT2D eigenvalue weighted by molar-refractivity contribution is -0.163. The Morgan fingerprint density at radius 1 is 0.843 bits per heavy atom. The Labute approximate surface area is 299 Å². The summed E-state index contributed by atoms with van der Waals surface area (Å²) in [7, 11) is 3.14. The van der Waals surface area contributed by atoms with Crippen molar-refractivity contribution in [1.29, 1.82) is 0 Å². The molecule has 272 valence electrons. The Morgan fingerprint density at radius 2 is 1.59 bits per heavy atom. The Hall–Kier alpha value is -5.06. The van der Waals surface area contributed by atoms with Gasteiger partial charge in [-0.15, -0.1) is 0 Å². The number of carbonyl (C=O) groups is 4. The van der Waals surface area contributed by atoms with Gasteiger partial charge in [0.05, 0.1) is 14.2 Å². The number of aryl methyl sites for hydroxylation is 1. The van der Waals surface area contributed by atoms with Crippen molar-refractivity contribution < 1.29 is 43.2 Å². The molecule has 2 amide bonds. The summed E-state index contributed by atoms with van der Waals surface area (Å²) < 4.78 is 22.6. The number of hydrogen-bond donors (Lipinski definition) is 2. The number of hydrogen-bond acceptors (Lipinski definition) is 8. The van der Waals surface area contributed by atoms with Gasteiger partial charge in [-0.25, -0.2) is 9.59 Å². The highest BCUT2D eigenvalue weighted by Crippen LogP contribution is 2.33. The smallest absolute Gasteiger partial charge is 0.341 e. The Bertz CT molecular complexity index is 1640. The van der Waals surface area contributed by atoms with Gasteiger partial charge in [-0.2, -0.15) is 0 Å². The molecule has 3 aromatic carbocycles. The van der Waals surface area contributed by atoms with Gasteiger partial charge in [0.15, 0.2) is 18.1 Å². The molecule has 1 heterocycles. The predicted molar refractivity (Wildman–Crippen MR) is 190 cm³/mol. The van der Waals surface area contributed by atoms with E-state index in [-0.39, 0.29) is 17.7 Å². The van der Waals surface area contributed by atoms with Crippen LogP contribution in [0.1, 0.15) is 85.4 Å². The highest BCUT2D eigenvalue weighted by atomic mass is 16.5. The van der Waals surface area contributed by atoms with Crippen LogP contribution in [0.5, 0.6) is 17.2 Å². The summed E-state index contributed by atoms with van der Waals surface area (Å²) in [6, 6.07) is 19.8. The standard InChI is InChI=1S/C40H48N2O9/c1-48-34-22-20-27(24-35(34)49-2)19-21-33(30-16-11-17-31(25-30)50-26-36(43)44)51-40(47)32-18-9-10-23-42(32)39(46)37(28-12-5-3-6-13-28)41-38(45)29-14-7-4-8-15-29/h4,7-8,11,14-17,20,22,24-25,28,32-33,37H,3,5-6,9-10,12-13,18-19,21,23,26H2,1-2H3,(H,41,45)(H,43,44)/t32-,33?,37-/m0/s1. The number of methoxy groups -OCH3 is 2. The number of carboxylic acid groups (broad SMARTS) is 1. The molecule has 1 aliphatic heterocycles. The number of nitrogens with one attached hydrogen (secondary N) is 1. The van der Waals surface area contributed by atoms with Gasteiger partial charge in [-0.05, 0) is 98.4 Å². The van der Waals surface area contributed by atoms with Crippen LogP contribution in [0.2, 0.25) is 0 Å².